The third-order valence-electron chi connectivity index (χ3n) is 3.50. The maximum absolute atomic E-state index is 14.0. The molecule has 0 bridgehead atoms. The Morgan fingerprint density at radius 3 is 2.33 bits per heavy atom. The number of carbonyl (C=O) groups is 2. The molecule has 1 aromatic carbocycles. The van der Waals surface area contributed by atoms with Crippen LogP contribution in [0.15, 0.2) is 18.2 Å². The van der Waals surface area contributed by atoms with E-state index in [0.717, 1.165) is 6.07 Å². The number of benzene rings is 1. The van der Waals surface area contributed by atoms with Gasteiger partial charge in [0.15, 0.2) is 0 Å². The number of anilines is 1. The summed E-state index contributed by atoms with van der Waals surface area (Å²) in [4.78, 5) is 21.9. The molecule has 1 amide bonds. The monoisotopic (exact) mass is 303 g/mol. The minimum atomic E-state index is -5.02. The van der Waals surface area contributed by atoms with Crippen molar-refractivity contribution >= 4 is 17.4 Å². The Kier molecular flexibility index (Phi) is 4.29. The van der Waals surface area contributed by atoms with Crippen LogP contribution in [0.2, 0.25) is 0 Å². The number of rotatable bonds is 2. The van der Waals surface area contributed by atoms with Crippen LogP contribution in [0.5, 0.6) is 0 Å². The van der Waals surface area contributed by atoms with Gasteiger partial charge >= 0.3 is 12.1 Å². The zero-order valence-corrected chi connectivity index (χ0v) is 11.0. The van der Waals surface area contributed by atoms with E-state index in [1.54, 1.807) is 5.32 Å². The number of halogens is 4. The number of ketones is 1. The number of amides is 1. The summed E-state index contributed by atoms with van der Waals surface area (Å²) >= 11 is 0. The molecule has 1 N–H and O–H groups in total. The molecule has 0 aromatic heterocycles. The molecule has 7 heteroatoms. The lowest BCUT2D eigenvalue weighted by Crippen LogP contribution is -2.30. The lowest BCUT2D eigenvalue weighted by atomic mass is 9.83. The second-order valence-electron chi connectivity index (χ2n) is 5.00. The van der Waals surface area contributed by atoms with Crippen LogP contribution in [-0.4, -0.2) is 17.9 Å². The first-order valence-electron chi connectivity index (χ1n) is 6.46. The van der Waals surface area contributed by atoms with Gasteiger partial charge in [0.05, 0.1) is 0 Å². The van der Waals surface area contributed by atoms with Crippen molar-refractivity contribution in [2.45, 2.75) is 37.8 Å². The van der Waals surface area contributed by atoms with Gasteiger partial charge in [0.1, 0.15) is 11.6 Å². The van der Waals surface area contributed by atoms with Gasteiger partial charge in [0.25, 0.3) is 0 Å². The number of nitrogens with one attached hydrogen (secondary N) is 1. The van der Waals surface area contributed by atoms with Gasteiger partial charge in [-0.3, -0.25) is 9.59 Å². The zero-order chi connectivity index (χ0) is 15.6. The summed E-state index contributed by atoms with van der Waals surface area (Å²) in [5.74, 6) is -2.79. The second kappa shape index (κ2) is 5.83. The molecule has 2 rings (SSSR count). The lowest BCUT2D eigenvalue weighted by molar-refractivity contribution is -0.167. The predicted octanol–water partition coefficient (Wildman–Crippen LogP) is 3.55. The van der Waals surface area contributed by atoms with E-state index in [9.17, 15) is 27.2 Å². The summed E-state index contributed by atoms with van der Waals surface area (Å²) in [6.07, 6.45) is -3.18. The van der Waals surface area contributed by atoms with Crippen LogP contribution in [0.3, 0.4) is 0 Å². The fraction of sp³-hybridized carbons (Fsp3) is 0.429. The SMILES string of the molecule is O=C1CCC(c2ccc(NC(=O)C(F)(F)F)cc2F)CC1. The molecule has 1 fully saturated rings. The minimum Gasteiger partial charge on any atom is -0.318 e. The van der Waals surface area contributed by atoms with E-state index in [4.69, 9.17) is 0 Å². The number of alkyl halides is 3. The standard InChI is InChI=1S/C14H13F4NO2/c15-12-7-9(19-13(21)14(16,17)18)3-6-11(12)8-1-4-10(20)5-2-8/h3,6-8H,1-2,4-5H2,(H,19,21). The highest BCUT2D eigenvalue weighted by Gasteiger charge is 2.38. The maximum atomic E-state index is 14.0. The average molecular weight is 303 g/mol. The van der Waals surface area contributed by atoms with Crippen LogP contribution in [0, 0.1) is 5.82 Å². The average Bonchev–Trinajstić information content (AvgIpc) is 2.39. The van der Waals surface area contributed by atoms with Crippen LogP contribution in [0.4, 0.5) is 23.2 Å². The summed E-state index contributed by atoms with van der Waals surface area (Å²) in [6, 6.07) is 3.47. The van der Waals surface area contributed by atoms with Gasteiger partial charge < -0.3 is 5.32 Å². The highest BCUT2D eigenvalue weighted by molar-refractivity contribution is 5.94. The first-order valence-corrected chi connectivity index (χ1v) is 6.46. The molecule has 1 aliphatic carbocycles. The number of hydrogen-bond donors (Lipinski definition) is 1. The smallest absolute Gasteiger partial charge is 0.318 e. The van der Waals surface area contributed by atoms with E-state index >= 15 is 0 Å². The highest BCUT2D eigenvalue weighted by atomic mass is 19.4. The Morgan fingerprint density at radius 2 is 1.81 bits per heavy atom. The quantitative estimate of drug-likeness (QED) is 0.849. The summed E-state index contributed by atoms with van der Waals surface area (Å²) < 4.78 is 50.3. The second-order valence-corrected chi connectivity index (χ2v) is 5.00. The Hall–Kier alpha value is -1.92. The van der Waals surface area contributed by atoms with Gasteiger partial charge in [-0.25, -0.2) is 4.39 Å². The molecule has 3 nitrogen and oxygen atoms in total. The maximum Gasteiger partial charge on any atom is 0.471 e. The fourth-order valence-corrected chi connectivity index (χ4v) is 2.39. The number of carbonyl (C=O) groups excluding carboxylic acids is 2. The highest BCUT2D eigenvalue weighted by Crippen LogP contribution is 2.33. The molecule has 0 aliphatic heterocycles. The van der Waals surface area contributed by atoms with Gasteiger partial charge in [-0.2, -0.15) is 13.2 Å². The molecule has 1 saturated carbocycles. The van der Waals surface area contributed by atoms with Gasteiger partial charge in [-0.05, 0) is 36.5 Å². The van der Waals surface area contributed by atoms with Crippen molar-refractivity contribution in [2.24, 2.45) is 0 Å². The van der Waals surface area contributed by atoms with E-state index in [1.807, 2.05) is 0 Å². The van der Waals surface area contributed by atoms with Crippen LogP contribution < -0.4 is 5.32 Å². The van der Waals surface area contributed by atoms with Crippen molar-refractivity contribution in [1.82, 2.24) is 0 Å². The Bertz CT molecular complexity index is 559. The molecule has 1 aliphatic rings. The van der Waals surface area contributed by atoms with Gasteiger partial charge in [-0.15, -0.1) is 0 Å². The molecule has 0 atom stereocenters. The van der Waals surface area contributed by atoms with Crippen LogP contribution in [0.25, 0.3) is 0 Å². The molecule has 0 saturated heterocycles. The number of Topliss-reactive ketones (excluding diaryl/α,β-unsaturated/α-hetero) is 1. The largest absolute Gasteiger partial charge is 0.471 e. The van der Waals surface area contributed by atoms with E-state index in [2.05, 4.69) is 0 Å². The van der Waals surface area contributed by atoms with E-state index in [-0.39, 0.29) is 17.4 Å². The van der Waals surface area contributed by atoms with Gasteiger partial charge in [0.2, 0.25) is 0 Å². The summed E-state index contributed by atoms with van der Waals surface area (Å²) in [5.41, 5.74) is 0.123. The Labute approximate surface area is 118 Å². The molecule has 0 radical (unpaired) electrons. The lowest BCUT2D eigenvalue weighted by Gasteiger charge is -2.22. The van der Waals surface area contributed by atoms with Crippen molar-refractivity contribution in [1.29, 1.82) is 0 Å². The predicted molar refractivity (Wildman–Crippen MR) is 67.3 cm³/mol. The molecule has 0 spiro atoms. The van der Waals surface area contributed by atoms with Crippen molar-refractivity contribution in [2.75, 3.05) is 5.32 Å². The van der Waals surface area contributed by atoms with E-state index in [0.29, 0.717) is 31.2 Å². The molecule has 1 aromatic rings. The van der Waals surface area contributed by atoms with E-state index in [1.165, 1.54) is 12.1 Å². The molecule has 114 valence electrons. The number of hydrogen-bond acceptors (Lipinski definition) is 2. The fourth-order valence-electron chi connectivity index (χ4n) is 2.39. The first-order chi connectivity index (χ1) is 9.77. The molecule has 0 heterocycles. The molecular formula is C14H13F4NO2. The molecule has 0 unspecified atom stereocenters. The third kappa shape index (κ3) is 3.80. The Morgan fingerprint density at radius 1 is 1.19 bits per heavy atom. The van der Waals surface area contributed by atoms with Crippen LogP contribution >= 0.6 is 0 Å². The van der Waals surface area contributed by atoms with Crippen LogP contribution in [0.1, 0.15) is 37.2 Å². The third-order valence-corrected chi connectivity index (χ3v) is 3.50. The van der Waals surface area contributed by atoms with Crippen molar-refractivity contribution < 1.29 is 27.2 Å². The zero-order valence-electron chi connectivity index (χ0n) is 11.0. The Balaban J connectivity index is 2.11. The summed E-state index contributed by atoms with van der Waals surface area (Å²) in [6.45, 7) is 0. The van der Waals surface area contributed by atoms with Gasteiger partial charge in [0, 0.05) is 18.5 Å². The summed E-state index contributed by atoms with van der Waals surface area (Å²) in [5, 5.41) is 1.60. The minimum absolute atomic E-state index is 0.116. The topological polar surface area (TPSA) is 46.2 Å². The van der Waals surface area contributed by atoms with E-state index < -0.39 is 17.9 Å². The summed E-state index contributed by atoms with van der Waals surface area (Å²) in [7, 11) is 0. The first kappa shape index (κ1) is 15.5. The van der Waals surface area contributed by atoms with Gasteiger partial charge in [-0.1, -0.05) is 6.07 Å². The normalized spacial score (nSPS) is 16.9. The van der Waals surface area contributed by atoms with Crippen molar-refractivity contribution in [3.8, 4) is 0 Å². The van der Waals surface area contributed by atoms with Crippen molar-refractivity contribution in [3.63, 3.8) is 0 Å². The molecule has 21 heavy (non-hydrogen) atoms. The molecular weight excluding hydrogens is 290 g/mol. The van der Waals surface area contributed by atoms with Crippen LogP contribution in [-0.2, 0) is 9.59 Å². The van der Waals surface area contributed by atoms with Crippen molar-refractivity contribution in [3.05, 3.63) is 29.6 Å².